The Morgan fingerprint density at radius 2 is 1.89 bits per heavy atom. The number of amides is 1. The lowest BCUT2D eigenvalue weighted by molar-refractivity contribution is -0.146. The van der Waals surface area contributed by atoms with E-state index in [9.17, 15) is 9.59 Å². The van der Waals surface area contributed by atoms with E-state index >= 15 is 0 Å². The van der Waals surface area contributed by atoms with Crippen molar-refractivity contribution in [1.82, 2.24) is 4.90 Å². The zero-order valence-corrected chi connectivity index (χ0v) is 16.7. The van der Waals surface area contributed by atoms with Gasteiger partial charge in [0.2, 0.25) is 5.91 Å². The first-order valence-corrected chi connectivity index (χ1v) is 10.2. The number of carbonyl (C=O) groups is 2. The SMILES string of the molecule is COC(=O)[C@@H]1CC[C@H](C(=O)N2CCC3(CC2)OCCc2cccc(OC)c23)C1. The maximum absolute atomic E-state index is 13.0. The highest BCUT2D eigenvalue weighted by Crippen LogP contribution is 2.46. The summed E-state index contributed by atoms with van der Waals surface area (Å²) in [6, 6.07) is 6.19. The number of hydrogen-bond donors (Lipinski definition) is 0. The number of benzene rings is 1. The Kier molecular flexibility index (Phi) is 5.32. The van der Waals surface area contributed by atoms with Gasteiger partial charge in [-0.05, 0) is 50.2 Å². The number of rotatable bonds is 3. The molecule has 1 aromatic rings. The zero-order chi connectivity index (χ0) is 19.7. The van der Waals surface area contributed by atoms with Crippen LogP contribution in [0.3, 0.4) is 0 Å². The van der Waals surface area contributed by atoms with E-state index in [-0.39, 0.29) is 29.3 Å². The Hall–Kier alpha value is -2.08. The molecule has 1 saturated heterocycles. The molecule has 0 bridgehead atoms. The highest BCUT2D eigenvalue weighted by Gasteiger charge is 2.45. The fourth-order valence-corrected chi connectivity index (χ4v) is 5.23. The van der Waals surface area contributed by atoms with Crippen molar-refractivity contribution in [2.45, 2.75) is 44.1 Å². The first-order chi connectivity index (χ1) is 13.6. The number of esters is 1. The molecule has 28 heavy (non-hydrogen) atoms. The molecule has 6 heteroatoms. The third-order valence-corrected chi connectivity index (χ3v) is 6.74. The Balaban J connectivity index is 1.45. The molecule has 2 aliphatic heterocycles. The predicted molar refractivity (Wildman–Crippen MR) is 103 cm³/mol. The minimum atomic E-state index is -0.360. The summed E-state index contributed by atoms with van der Waals surface area (Å²) in [5, 5.41) is 0. The summed E-state index contributed by atoms with van der Waals surface area (Å²) in [6.45, 7) is 2.06. The molecule has 1 aromatic carbocycles. The predicted octanol–water partition coefficient (Wildman–Crippen LogP) is 2.67. The van der Waals surface area contributed by atoms with Crippen LogP contribution in [0.2, 0.25) is 0 Å². The molecule has 6 nitrogen and oxygen atoms in total. The lowest BCUT2D eigenvalue weighted by Crippen LogP contribution is -2.49. The topological polar surface area (TPSA) is 65.1 Å². The van der Waals surface area contributed by atoms with E-state index < -0.39 is 0 Å². The van der Waals surface area contributed by atoms with Crippen LogP contribution < -0.4 is 4.74 Å². The van der Waals surface area contributed by atoms with Gasteiger partial charge in [-0.25, -0.2) is 0 Å². The molecular weight excluding hydrogens is 358 g/mol. The van der Waals surface area contributed by atoms with Crippen LogP contribution in [0.1, 0.15) is 43.2 Å². The van der Waals surface area contributed by atoms with Crippen LogP contribution in [0.25, 0.3) is 0 Å². The summed E-state index contributed by atoms with van der Waals surface area (Å²) in [5.41, 5.74) is 2.10. The van der Waals surface area contributed by atoms with E-state index in [1.54, 1.807) is 7.11 Å². The Morgan fingerprint density at radius 3 is 2.61 bits per heavy atom. The molecule has 3 aliphatic rings. The van der Waals surface area contributed by atoms with Crippen molar-refractivity contribution in [3.63, 3.8) is 0 Å². The first kappa shape index (κ1) is 19.2. The van der Waals surface area contributed by atoms with E-state index in [2.05, 4.69) is 6.07 Å². The Labute approximate surface area is 166 Å². The van der Waals surface area contributed by atoms with Crippen molar-refractivity contribution in [2.24, 2.45) is 11.8 Å². The van der Waals surface area contributed by atoms with E-state index in [0.717, 1.165) is 37.9 Å². The molecule has 0 radical (unpaired) electrons. The van der Waals surface area contributed by atoms with Crippen molar-refractivity contribution in [1.29, 1.82) is 0 Å². The Morgan fingerprint density at radius 1 is 1.14 bits per heavy atom. The normalized spacial score (nSPS) is 26.0. The molecule has 152 valence electrons. The van der Waals surface area contributed by atoms with Crippen LogP contribution in [0.4, 0.5) is 0 Å². The second-order valence-electron chi connectivity index (χ2n) is 8.14. The van der Waals surface area contributed by atoms with Gasteiger partial charge in [0.15, 0.2) is 0 Å². The van der Waals surface area contributed by atoms with Crippen LogP contribution >= 0.6 is 0 Å². The number of hydrogen-bond acceptors (Lipinski definition) is 5. The van der Waals surface area contributed by atoms with Gasteiger partial charge in [0.25, 0.3) is 0 Å². The molecule has 4 rings (SSSR count). The van der Waals surface area contributed by atoms with Crippen LogP contribution in [0.5, 0.6) is 5.75 Å². The van der Waals surface area contributed by atoms with Crippen molar-refractivity contribution < 1.29 is 23.8 Å². The number of likely N-dealkylation sites (tertiary alicyclic amines) is 1. The number of fused-ring (bicyclic) bond motifs is 2. The van der Waals surface area contributed by atoms with Crippen molar-refractivity contribution in [3.05, 3.63) is 29.3 Å². The van der Waals surface area contributed by atoms with Gasteiger partial charge in [-0.3, -0.25) is 9.59 Å². The maximum atomic E-state index is 13.0. The van der Waals surface area contributed by atoms with E-state index in [1.807, 2.05) is 17.0 Å². The molecule has 0 unspecified atom stereocenters. The van der Waals surface area contributed by atoms with Gasteiger partial charge >= 0.3 is 5.97 Å². The smallest absolute Gasteiger partial charge is 0.308 e. The third kappa shape index (κ3) is 3.28. The molecule has 0 N–H and O–H groups in total. The van der Waals surface area contributed by atoms with Gasteiger partial charge < -0.3 is 19.1 Å². The van der Waals surface area contributed by atoms with E-state index in [4.69, 9.17) is 14.2 Å². The average molecular weight is 387 g/mol. The van der Waals surface area contributed by atoms with E-state index in [0.29, 0.717) is 26.1 Å². The van der Waals surface area contributed by atoms with Crippen molar-refractivity contribution in [3.8, 4) is 5.75 Å². The maximum Gasteiger partial charge on any atom is 0.308 e. The summed E-state index contributed by atoms with van der Waals surface area (Å²) >= 11 is 0. The van der Waals surface area contributed by atoms with Gasteiger partial charge in [0, 0.05) is 24.6 Å². The molecule has 2 fully saturated rings. The van der Waals surface area contributed by atoms with Gasteiger partial charge in [0.1, 0.15) is 11.4 Å². The minimum absolute atomic E-state index is 0.0627. The fourth-order valence-electron chi connectivity index (χ4n) is 5.23. The summed E-state index contributed by atoms with van der Waals surface area (Å²) in [4.78, 5) is 26.7. The highest BCUT2D eigenvalue weighted by atomic mass is 16.5. The third-order valence-electron chi connectivity index (χ3n) is 6.74. The quantitative estimate of drug-likeness (QED) is 0.746. The summed E-state index contributed by atoms with van der Waals surface area (Å²) in [6.07, 6.45) is 4.58. The number of carbonyl (C=O) groups excluding carboxylic acids is 2. The van der Waals surface area contributed by atoms with E-state index in [1.165, 1.54) is 18.2 Å². The number of methoxy groups -OCH3 is 2. The first-order valence-electron chi connectivity index (χ1n) is 10.2. The molecule has 1 spiro atoms. The molecule has 1 aliphatic carbocycles. The highest BCUT2D eigenvalue weighted by molar-refractivity contribution is 5.81. The van der Waals surface area contributed by atoms with Crippen LogP contribution in [-0.2, 0) is 31.1 Å². The summed E-state index contributed by atoms with van der Waals surface area (Å²) in [5.74, 6) is 0.679. The Bertz CT molecular complexity index is 739. The minimum Gasteiger partial charge on any atom is -0.496 e. The van der Waals surface area contributed by atoms with Gasteiger partial charge in [0.05, 0.1) is 26.7 Å². The second-order valence-corrected chi connectivity index (χ2v) is 8.14. The van der Waals surface area contributed by atoms with Crippen LogP contribution in [0.15, 0.2) is 18.2 Å². The van der Waals surface area contributed by atoms with Gasteiger partial charge in [-0.15, -0.1) is 0 Å². The molecule has 2 atom stereocenters. The molecule has 2 heterocycles. The van der Waals surface area contributed by atoms with Crippen LogP contribution in [0, 0.1) is 11.8 Å². The number of piperidine rings is 1. The number of ether oxygens (including phenoxy) is 3. The molecule has 1 amide bonds. The standard InChI is InChI=1S/C22H29NO5/c1-26-18-5-3-4-15-8-13-28-22(19(15)18)9-11-23(12-10-22)20(24)16-6-7-17(14-16)21(25)27-2/h3-5,16-17H,6-14H2,1-2H3/t16-,17+/m0/s1. The monoisotopic (exact) mass is 387 g/mol. The number of nitrogens with zero attached hydrogens (tertiary/aromatic N) is 1. The average Bonchev–Trinajstić information content (AvgIpc) is 3.23. The summed E-state index contributed by atoms with van der Waals surface area (Å²) in [7, 11) is 3.12. The van der Waals surface area contributed by atoms with Crippen molar-refractivity contribution in [2.75, 3.05) is 33.9 Å². The van der Waals surface area contributed by atoms with Gasteiger partial charge in [-0.1, -0.05) is 12.1 Å². The molecule has 0 aromatic heterocycles. The lowest BCUT2D eigenvalue weighted by atomic mass is 9.78. The largest absolute Gasteiger partial charge is 0.496 e. The van der Waals surface area contributed by atoms with Crippen LogP contribution in [-0.4, -0.2) is 50.7 Å². The van der Waals surface area contributed by atoms with Crippen molar-refractivity contribution >= 4 is 11.9 Å². The summed E-state index contributed by atoms with van der Waals surface area (Å²) < 4.78 is 16.8. The lowest BCUT2D eigenvalue weighted by Gasteiger charge is -2.45. The molecular formula is C22H29NO5. The second kappa shape index (κ2) is 7.74. The molecule has 1 saturated carbocycles. The zero-order valence-electron chi connectivity index (χ0n) is 16.7. The van der Waals surface area contributed by atoms with Gasteiger partial charge in [-0.2, -0.15) is 0 Å². The fraction of sp³-hybridized carbons (Fsp3) is 0.636.